The van der Waals surface area contributed by atoms with Crippen molar-refractivity contribution in [2.24, 2.45) is 5.73 Å². The second kappa shape index (κ2) is 8.00. The van der Waals surface area contributed by atoms with Gasteiger partial charge in [0.15, 0.2) is 0 Å². The minimum atomic E-state index is -0.490. The number of nitrogens with zero attached hydrogens (tertiary/aromatic N) is 1. The Labute approximate surface area is 131 Å². The van der Waals surface area contributed by atoms with Crippen LogP contribution >= 0.6 is 12.4 Å². The summed E-state index contributed by atoms with van der Waals surface area (Å²) in [7, 11) is 0. The number of hydrogen-bond acceptors (Lipinski definition) is 3. The molecular weight excluding hydrogens is 290 g/mol. The molecule has 1 fully saturated rings. The smallest absolute Gasteiger partial charge is 0.236 e. The molecule has 0 saturated carbocycles. The molecule has 1 aliphatic rings. The van der Waals surface area contributed by atoms with Crippen molar-refractivity contribution in [1.29, 1.82) is 0 Å². The van der Waals surface area contributed by atoms with Crippen LogP contribution in [-0.4, -0.2) is 29.3 Å². The van der Waals surface area contributed by atoms with E-state index in [2.05, 4.69) is 5.32 Å². The number of amides is 2. The van der Waals surface area contributed by atoms with E-state index in [0.717, 1.165) is 24.1 Å². The van der Waals surface area contributed by atoms with Crippen LogP contribution in [0.2, 0.25) is 0 Å². The molecule has 2 amide bonds. The Morgan fingerprint density at radius 3 is 2.48 bits per heavy atom. The number of nitrogens with one attached hydrogen (secondary N) is 1. The quantitative estimate of drug-likeness (QED) is 0.858. The fourth-order valence-corrected chi connectivity index (χ4v) is 2.20. The monoisotopic (exact) mass is 311 g/mol. The number of carbonyl (C=O) groups excluding carboxylic acids is 2. The van der Waals surface area contributed by atoms with Crippen molar-refractivity contribution in [3.05, 3.63) is 35.4 Å². The van der Waals surface area contributed by atoms with E-state index in [9.17, 15) is 9.59 Å². The lowest BCUT2D eigenvalue weighted by atomic mass is 10.1. The molecule has 116 valence electrons. The van der Waals surface area contributed by atoms with E-state index in [1.54, 1.807) is 6.92 Å². The molecular formula is C15H22ClN3O2. The lowest BCUT2D eigenvalue weighted by Crippen LogP contribution is -2.37. The first kappa shape index (κ1) is 17.5. The molecule has 5 nitrogen and oxygen atoms in total. The Hall–Kier alpha value is -1.59. The van der Waals surface area contributed by atoms with Crippen molar-refractivity contribution in [3.8, 4) is 0 Å². The molecule has 0 unspecified atom stereocenters. The predicted molar refractivity (Wildman–Crippen MR) is 83.8 cm³/mol. The molecule has 0 aliphatic carbocycles. The number of likely N-dealkylation sites (tertiary alicyclic amines) is 1. The number of nitrogens with two attached hydrogens (primary N) is 1. The van der Waals surface area contributed by atoms with E-state index in [1.807, 2.05) is 29.2 Å². The van der Waals surface area contributed by atoms with E-state index >= 15 is 0 Å². The molecule has 0 aromatic heterocycles. The van der Waals surface area contributed by atoms with Crippen molar-refractivity contribution >= 4 is 24.2 Å². The van der Waals surface area contributed by atoms with Crippen LogP contribution in [0.5, 0.6) is 0 Å². The second-order valence-corrected chi connectivity index (χ2v) is 5.24. The van der Waals surface area contributed by atoms with Crippen molar-refractivity contribution in [3.63, 3.8) is 0 Å². The Bertz CT molecular complexity index is 488. The molecule has 0 spiro atoms. The van der Waals surface area contributed by atoms with Crippen LogP contribution in [0.1, 0.15) is 30.9 Å². The molecule has 2 rings (SSSR count). The highest BCUT2D eigenvalue weighted by Gasteiger charge is 2.19. The molecule has 0 radical (unpaired) electrons. The van der Waals surface area contributed by atoms with Crippen molar-refractivity contribution in [1.82, 2.24) is 10.2 Å². The van der Waals surface area contributed by atoms with Gasteiger partial charge in [0.2, 0.25) is 11.8 Å². The molecule has 6 heteroatoms. The normalized spacial score (nSPS) is 15.5. The van der Waals surface area contributed by atoms with Crippen LogP contribution in [-0.2, 0) is 22.7 Å². The van der Waals surface area contributed by atoms with Crippen LogP contribution in [0.3, 0.4) is 0 Å². The summed E-state index contributed by atoms with van der Waals surface area (Å²) in [6.45, 7) is 3.66. The van der Waals surface area contributed by atoms with Gasteiger partial charge in [-0.2, -0.15) is 0 Å². The summed E-state index contributed by atoms with van der Waals surface area (Å²) in [4.78, 5) is 24.8. The first-order chi connectivity index (χ1) is 9.56. The summed E-state index contributed by atoms with van der Waals surface area (Å²) in [6, 6.07) is 7.45. The Morgan fingerprint density at radius 2 is 1.95 bits per heavy atom. The standard InChI is InChI=1S/C15H21N3O2.ClH/c1-11(16)15(20)17-9-12-4-6-13(7-5-12)10-18-8-2-3-14(18)19;/h4-7,11H,2-3,8-10,16H2,1H3,(H,17,20);1H/t11-;/m1./s1. The maximum absolute atomic E-state index is 11.6. The highest BCUT2D eigenvalue weighted by molar-refractivity contribution is 5.85. The molecule has 1 aliphatic heterocycles. The lowest BCUT2D eigenvalue weighted by molar-refractivity contribution is -0.128. The van der Waals surface area contributed by atoms with Gasteiger partial charge in [-0.1, -0.05) is 24.3 Å². The lowest BCUT2D eigenvalue weighted by Gasteiger charge is -2.15. The Morgan fingerprint density at radius 1 is 1.33 bits per heavy atom. The summed E-state index contributed by atoms with van der Waals surface area (Å²) in [5.74, 6) is 0.0787. The van der Waals surface area contributed by atoms with Gasteiger partial charge < -0.3 is 16.0 Å². The zero-order valence-electron chi connectivity index (χ0n) is 12.2. The first-order valence-corrected chi connectivity index (χ1v) is 6.95. The van der Waals surface area contributed by atoms with Crippen LogP contribution < -0.4 is 11.1 Å². The van der Waals surface area contributed by atoms with Crippen LogP contribution in [0.4, 0.5) is 0 Å². The highest BCUT2D eigenvalue weighted by Crippen LogP contribution is 2.14. The van der Waals surface area contributed by atoms with E-state index in [-0.39, 0.29) is 24.2 Å². The van der Waals surface area contributed by atoms with Crippen molar-refractivity contribution in [2.45, 2.75) is 38.9 Å². The fraction of sp³-hybridized carbons (Fsp3) is 0.467. The SMILES string of the molecule is C[C@@H](N)C(=O)NCc1ccc(CN2CCCC2=O)cc1.Cl. The molecule has 0 bridgehead atoms. The number of hydrogen-bond donors (Lipinski definition) is 2. The maximum Gasteiger partial charge on any atom is 0.236 e. The number of rotatable bonds is 5. The molecule has 21 heavy (non-hydrogen) atoms. The van der Waals surface area contributed by atoms with E-state index in [1.165, 1.54) is 0 Å². The molecule has 1 saturated heterocycles. The molecule has 1 heterocycles. The van der Waals surface area contributed by atoms with Gasteiger partial charge in [0.1, 0.15) is 0 Å². The number of carbonyl (C=O) groups is 2. The molecule has 1 aromatic carbocycles. The Kier molecular flexibility index (Phi) is 6.65. The Balaban J connectivity index is 0.00000220. The summed E-state index contributed by atoms with van der Waals surface area (Å²) < 4.78 is 0. The second-order valence-electron chi connectivity index (χ2n) is 5.24. The largest absolute Gasteiger partial charge is 0.351 e. The van der Waals surface area contributed by atoms with Crippen LogP contribution in [0.25, 0.3) is 0 Å². The summed E-state index contributed by atoms with van der Waals surface area (Å²) >= 11 is 0. The fourth-order valence-electron chi connectivity index (χ4n) is 2.20. The van der Waals surface area contributed by atoms with Gasteiger partial charge in [0, 0.05) is 26.1 Å². The van der Waals surface area contributed by atoms with Crippen molar-refractivity contribution in [2.75, 3.05) is 6.54 Å². The van der Waals surface area contributed by atoms with Gasteiger partial charge in [-0.15, -0.1) is 12.4 Å². The zero-order chi connectivity index (χ0) is 14.5. The predicted octanol–water partition coefficient (Wildman–Crippen LogP) is 1.19. The third-order valence-corrected chi connectivity index (χ3v) is 3.45. The zero-order valence-corrected chi connectivity index (χ0v) is 13.0. The summed E-state index contributed by atoms with van der Waals surface area (Å²) in [5.41, 5.74) is 7.62. The number of benzene rings is 1. The van der Waals surface area contributed by atoms with Gasteiger partial charge in [-0.3, -0.25) is 9.59 Å². The molecule has 1 atom stereocenters. The van der Waals surface area contributed by atoms with Gasteiger partial charge in [0.05, 0.1) is 6.04 Å². The third kappa shape index (κ3) is 5.02. The van der Waals surface area contributed by atoms with E-state index in [4.69, 9.17) is 5.73 Å². The average molecular weight is 312 g/mol. The van der Waals surface area contributed by atoms with Gasteiger partial charge in [-0.25, -0.2) is 0 Å². The van der Waals surface area contributed by atoms with Crippen molar-refractivity contribution < 1.29 is 9.59 Å². The van der Waals surface area contributed by atoms with Gasteiger partial charge >= 0.3 is 0 Å². The summed E-state index contributed by atoms with van der Waals surface area (Å²) in [6.07, 6.45) is 1.63. The average Bonchev–Trinajstić information content (AvgIpc) is 2.83. The highest BCUT2D eigenvalue weighted by atomic mass is 35.5. The molecule has 1 aromatic rings. The minimum Gasteiger partial charge on any atom is -0.351 e. The van der Waals surface area contributed by atoms with Gasteiger partial charge in [-0.05, 0) is 24.5 Å². The first-order valence-electron chi connectivity index (χ1n) is 6.95. The topological polar surface area (TPSA) is 75.4 Å². The van der Waals surface area contributed by atoms with E-state index in [0.29, 0.717) is 19.5 Å². The van der Waals surface area contributed by atoms with Crippen LogP contribution in [0, 0.1) is 0 Å². The number of halogens is 1. The van der Waals surface area contributed by atoms with Gasteiger partial charge in [0.25, 0.3) is 0 Å². The molecule has 3 N–H and O–H groups in total. The third-order valence-electron chi connectivity index (χ3n) is 3.45. The van der Waals surface area contributed by atoms with Crippen LogP contribution in [0.15, 0.2) is 24.3 Å². The minimum absolute atomic E-state index is 0. The van der Waals surface area contributed by atoms with E-state index < -0.39 is 6.04 Å². The maximum atomic E-state index is 11.6. The summed E-state index contributed by atoms with van der Waals surface area (Å²) in [5, 5.41) is 2.77.